The van der Waals surface area contributed by atoms with Gasteiger partial charge in [0, 0.05) is 15.5 Å². The first-order valence-corrected chi connectivity index (χ1v) is 7.94. The SMILES string of the molecule is CC(CNC(=O)c1cc(Br)ccc1Br)c1ccccc1. The Morgan fingerprint density at radius 2 is 1.85 bits per heavy atom. The topological polar surface area (TPSA) is 29.1 Å². The van der Waals surface area contributed by atoms with Gasteiger partial charge in [-0.2, -0.15) is 0 Å². The lowest BCUT2D eigenvalue weighted by atomic mass is 10.0. The van der Waals surface area contributed by atoms with Crippen LogP contribution < -0.4 is 5.32 Å². The van der Waals surface area contributed by atoms with Gasteiger partial charge in [0.15, 0.2) is 0 Å². The summed E-state index contributed by atoms with van der Waals surface area (Å²) in [6.45, 7) is 2.72. The minimum atomic E-state index is -0.0686. The standard InChI is InChI=1S/C16H15Br2NO/c1-11(12-5-3-2-4-6-12)10-19-16(20)14-9-13(17)7-8-15(14)18/h2-9,11H,10H2,1H3,(H,19,20). The fourth-order valence-electron chi connectivity index (χ4n) is 1.91. The van der Waals surface area contributed by atoms with Gasteiger partial charge in [0.1, 0.15) is 0 Å². The van der Waals surface area contributed by atoms with Crippen molar-refractivity contribution >= 4 is 37.8 Å². The summed E-state index contributed by atoms with van der Waals surface area (Å²) in [5, 5.41) is 2.98. The number of rotatable bonds is 4. The van der Waals surface area contributed by atoms with Gasteiger partial charge in [-0.3, -0.25) is 4.79 Å². The van der Waals surface area contributed by atoms with Crippen LogP contribution in [0, 0.1) is 0 Å². The van der Waals surface area contributed by atoms with Crippen molar-refractivity contribution in [3.05, 3.63) is 68.6 Å². The summed E-state index contributed by atoms with van der Waals surface area (Å²) in [7, 11) is 0. The van der Waals surface area contributed by atoms with Crippen molar-refractivity contribution in [2.75, 3.05) is 6.54 Å². The van der Waals surface area contributed by atoms with E-state index in [1.165, 1.54) is 5.56 Å². The molecule has 0 aliphatic carbocycles. The normalized spacial score (nSPS) is 11.9. The van der Waals surface area contributed by atoms with Gasteiger partial charge < -0.3 is 5.32 Å². The van der Waals surface area contributed by atoms with E-state index < -0.39 is 0 Å². The summed E-state index contributed by atoms with van der Waals surface area (Å²) in [5.41, 5.74) is 1.86. The third-order valence-electron chi connectivity index (χ3n) is 3.11. The lowest BCUT2D eigenvalue weighted by molar-refractivity contribution is 0.0951. The van der Waals surface area contributed by atoms with E-state index in [-0.39, 0.29) is 11.8 Å². The predicted octanol–water partition coefficient (Wildman–Crippen LogP) is 4.75. The number of hydrogen-bond donors (Lipinski definition) is 1. The van der Waals surface area contributed by atoms with Crippen LogP contribution in [0.4, 0.5) is 0 Å². The van der Waals surface area contributed by atoms with Gasteiger partial charge >= 0.3 is 0 Å². The molecular weight excluding hydrogens is 382 g/mol. The zero-order valence-corrected chi connectivity index (χ0v) is 14.2. The Hall–Kier alpha value is -1.13. The van der Waals surface area contributed by atoms with Gasteiger partial charge in [-0.1, -0.05) is 53.2 Å². The van der Waals surface area contributed by atoms with E-state index in [1.807, 2.05) is 36.4 Å². The Morgan fingerprint density at radius 1 is 1.15 bits per heavy atom. The van der Waals surface area contributed by atoms with Crippen LogP contribution in [0.25, 0.3) is 0 Å². The molecule has 2 rings (SSSR count). The highest BCUT2D eigenvalue weighted by Crippen LogP contribution is 2.21. The first-order chi connectivity index (χ1) is 9.58. The molecule has 0 radical (unpaired) electrons. The molecule has 0 heterocycles. The van der Waals surface area contributed by atoms with Crippen LogP contribution in [-0.2, 0) is 0 Å². The molecular formula is C16H15Br2NO. The Balaban J connectivity index is 2.00. The van der Waals surface area contributed by atoms with Crippen molar-refractivity contribution in [1.29, 1.82) is 0 Å². The maximum absolute atomic E-state index is 12.2. The predicted molar refractivity (Wildman–Crippen MR) is 89.0 cm³/mol. The first kappa shape index (κ1) is 15.3. The molecule has 0 spiro atoms. The second-order valence-corrected chi connectivity index (χ2v) is 6.42. The Labute approximate surface area is 135 Å². The largest absolute Gasteiger partial charge is 0.351 e. The first-order valence-electron chi connectivity index (χ1n) is 6.36. The molecule has 2 aromatic rings. The second-order valence-electron chi connectivity index (χ2n) is 4.65. The van der Waals surface area contributed by atoms with Gasteiger partial charge in [0.2, 0.25) is 0 Å². The lowest BCUT2D eigenvalue weighted by Gasteiger charge is -2.13. The maximum Gasteiger partial charge on any atom is 0.252 e. The molecule has 0 fully saturated rings. The molecule has 0 saturated heterocycles. The Bertz CT molecular complexity index is 599. The van der Waals surface area contributed by atoms with E-state index in [0.717, 1.165) is 8.95 Å². The zero-order chi connectivity index (χ0) is 14.5. The molecule has 1 amide bonds. The molecule has 2 nitrogen and oxygen atoms in total. The van der Waals surface area contributed by atoms with Crippen LogP contribution in [0.2, 0.25) is 0 Å². The van der Waals surface area contributed by atoms with E-state index in [9.17, 15) is 4.79 Å². The second kappa shape index (κ2) is 7.04. The number of carbonyl (C=O) groups is 1. The van der Waals surface area contributed by atoms with Crippen LogP contribution >= 0.6 is 31.9 Å². The number of carbonyl (C=O) groups excluding carboxylic acids is 1. The summed E-state index contributed by atoms with van der Waals surface area (Å²) in [6, 6.07) is 15.7. The quantitative estimate of drug-likeness (QED) is 0.793. The van der Waals surface area contributed by atoms with Crippen molar-refractivity contribution in [1.82, 2.24) is 5.32 Å². The molecule has 4 heteroatoms. The molecule has 1 N–H and O–H groups in total. The Morgan fingerprint density at radius 3 is 2.55 bits per heavy atom. The summed E-state index contributed by atoms with van der Waals surface area (Å²) >= 11 is 6.78. The van der Waals surface area contributed by atoms with E-state index in [1.54, 1.807) is 0 Å². The van der Waals surface area contributed by atoms with Crippen LogP contribution in [-0.4, -0.2) is 12.5 Å². The van der Waals surface area contributed by atoms with Crippen molar-refractivity contribution in [3.8, 4) is 0 Å². The molecule has 0 bridgehead atoms. The molecule has 0 aliphatic rings. The van der Waals surface area contributed by atoms with Crippen LogP contribution in [0.5, 0.6) is 0 Å². The highest BCUT2D eigenvalue weighted by molar-refractivity contribution is 9.11. The monoisotopic (exact) mass is 395 g/mol. The number of hydrogen-bond acceptors (Lipinski definition) is 1. The van der Waals surface area contributed by atoms with E-state index in [0.29, 0.717) is 12.1 Å². The number of halogens is 2. The fraction of sp³-hybridized carbons (Fsp3) is 0.188. The number of amides is 1. The van der Waals surface area contributed by atoms with Gasteiger partial charge in [0.25, 0.3) is 5.91 Å². The van der Waals surface area contributed by atoms with Crippen molar-refractivity contribution < 1.29 is 4.79 Å². The van der Waals surface area contributed by atoms with E-state index in [2.05, 4.69) is 56.2 Å². The van der Waals surface area contributed by atoms with Crippen molar-refractivity contribution in [2.24, 2.45) is 0 Å². The van der Waals surface area contributed by atoms with Crippen molar-refractivity contribution in [2.45, 2.75) is 12.8 Å². The molecule has 20 heavy (non-hydrogen) atoms. The van der Waals surface area contributed by atoms with Gasteiger partial charge in [-0.15, -0.1) is 0 Å². The molecule has 0 aliphatic heterocycles. The fourth-order valence-corrected chi connectivity index (χ4v) is 2.70. The molecule has 1 unspecified atom stereocenters. The summed E-state index contributed by atoms with van der Waals surface area (Å²) in [5.74, 6) is 0.215. The van der Waals surface area contributed by atoms with Gasteiger partial charge in [0.05, 0.1) is 5.56 Å². The minimum Gasteiger partial charge on any atom is -0.351 e. The maximum atomic E-state index is 12.2. The third-order valence-corrected chi connectivity index (χ3v) is 4.30. The third kappa shape index (κ3) is 3.93. The summed E-state index contributed by atoms with van der Waals surface area (Å²) in [6.07, 6.45) is 0. The van der Waals surface area contributed by atoms with E-state index in [4.69, 9.17) is 0 Å². The van der Waals surface area contributed by atoms with Crippen molar-refractivity contribution in [3.63, 3.8) is 0 Å². The average Bonchev–Trinajstić information content (AvgIpc) is 2.47. The molecule has 0 aromatic heterocycles. The van der Waals surface area contributed by atoms with Gasteiger partial charge in [-0.05, 0) is 45.6 Å². The highest BCUT2D eigenvalue weighted by atomic mass is 79.9. The number of benzene rings is 2. The smallest absolute Gasteiger partial charge is 0.252 e. The molecule has 2 aromatic carbocycles. The lowest BCUT2D eigenvalue weighted by Crippen LogP contribution is -2.27. The molecule has 1 atom stereocenters. The van der Waals surface area contributed by atoms with Gasteiger partial charge in [-0.25, -0.2) is 0 Å². The average molecular weight is 397 g/mol. The zero-order valence-electron chi connectivity index (χ0n) is 11.1. The molecule has 0 saturated carbocycles. The summed E-state index contributed by atoms with van der Waals surface area (Å²) < 4.78 is 1.69. The Kier molecular flexibility index (Phi) is 5.38. The van der Waals surface area contributed by atoms with E-state index >= 15 is 0 Å². The van der Waals surface area contributed by atoms with Crippen LogP contribution in [0.1, 0.15) is 28.8 Å². The highest BCUT2D eigenvalue weighted by Gasteiger charge is 2.12. The minimum absolute atomic E-state index is 0.0686. The molecule has 104 valence electrons. The summed E-state index contributed by atoms with van der Waals surface area (Å²) in [4.78, 5) is 12.2. The van der Waals surface area contributed by atoms with Crippen LogP contribution in [0.3, 0.4) is 0 Å². The van der Waals surface area contributed by atoms with Crippen LogP contribution in [0.15, 0.2) is 57.5 Å². The number of nitrogens with one attached hydrogen (secondary N) is 1.